The van der Waals surface area contributed by atoms with E-state index in [4.69, 9.17) is 10.7 Å². The summed E-state index contributed by atoms with van der Waals surface area (Å²) in [6.07, 6.45) is 1.57. The van der Waals surface area contributed by atoms with Gasteiger partial charge in [0.25, 0.3) is 0 Å². The molecule has 0 fully saturated rings. The van der Waals surface area contributed by atoms with E-state index in [1.165, 1.54) is 0 Å². The third kappa shape index (κ3) is 4.80. The van der Waals surface area contributed by atoms with Crippen LogP contribution in [0.15, 0.2) is 59.7 Å². The lowest BCUT2D eigenvalue weighted by Gasteiger charge is -2.06. The molecule has 21 heavy (non-hydrogen) atoms. The van der Waals surface area contributed by atoms with E-state index in [0.29, 0.717) is 12.1 Å². The summed E-state index contributed by atoms with van der Waals surface area (Å²) in [6.45, 7) is 0.562. The Balaban J connectivity index is 1.81. The molecule has 0 heterocycles. The molecule has 0 amide bonds. The van der Waals surface area contributed by atoms with Gasteiger partial charge >= 0.3 is 0 Å². The van der Waals surface area contributed by atoms with Crippen LogP contribution in [0.5, 0.6) is 0 Å². The van der Waals surface area contributed by atoms with Crippen molar-refractivity contribution in [1.82, 2.24) is 10.7 Å². The van der Waals surface area contributed by atoms with Crippen LogP contribution in [0.2, 0.25) is 0 Å². The quantitative estimate of drug-likeness (QED) is 0.455. The van der Waals surface area contributed by atoms with Crippen LogP contribution in [0.3, 0.4) is 0 Å². The minimum Gasteiger partial charge on any atom is -0.351 e. The van der Waals surface area contributed by atoms with Gasteiger partial charge in [-0.3, -0.25) is 5.41 Å². The van der Waals surface area contributed by atoms with Gasteiger partial charge in [-0.05, 0) is 23.3 Å². The maximum absolute atomic E-state index is 8.80. The van der Waals surface area contributed by atoms with Gasteiger partial charge in [-0.25, -0.2) is 5.43 Å². The van der Waals surface area contributed by atoms with E-state index >= 15 is 0 Å². The highest BCUT2D eigenvalue weighted by atomic mass is 15.4. The molecule has 0 aliphatic rings. The van der Waals surface area contributed by atoms with Gasteiger partial charge in [0, 0.05) is 6.54 Å². The predicted octanol–water partition coefficient (Wildman–Crippen LogP) is 2.21. The van der Waals surface area contributed by atoms with Crippen LogP contribution in [0, 0.1) is 16.7 Å². The van der Waals surface area contributed by atoms with Gasteiger partial charge in [-0.1, -0.05) is 42.5 Å². The largest absolute Gasteiger partial charge is 0.351 e. The van der Waals surface area contributed by atoms with Crippen molar-refractivity contribution in [2.24, 2.45) is 5.10 Å². The molecule has 0 aliphatic carbocycles. The van der Waals surface area contributed by atoms with Crippen LogP contribution in [0.4, 0.5) is 0 Å². The van der Waals surface area contributed by atoms with Crippen molar-refractivity contribution < 1.29 is 0 Å². The summed E-state index contributed by atoms with van der Waals surface area (Å²) in [5.41, 5.74) is 5.07. The Bertz CT molecular complexity index is 671. The molecule has 0 saturated heterocycles. The van der Waals surface area contributed by atoms with Crippen molar-refractivity contribution in [1.29, 1.82) is 10.7 Å². The molecule has 3 N–H and O–H groups in total. The van der Waals surface area contributed by atoms with E-state index in [0.717, 1.165) is 11.1 Å². The molecule has 5 heteroatoms. The average molecular weight is 277 g/mol. The van der Waals surface area contributed by atoms with Crippen LogP contribution in [-0.4, -0.2) is 12.2 Å². The summed E-state index contributed by atoms with van der Waals surface area (Å²) in [7, 11) is 0. The molecule has 0 saturated carbocycles. The molecule has 0 bridgehead atoms. The van der Waals surface area contributed by atoms with E-state index in [1.54, 1.807) is 24.4 Å². The molecule has 0 aliphatic heterocycles. The highest BCUT2D eigenvalue weighted by Crippen LogP contribution is 2.01. The first-order valence-electron chi connectivity index (χ1n) is 6.43. The monoisotopic (exact) mass is 277 g/mol. The van der Waals surface area contributed by atoms with E-state index in [9.17, 15) is 0 Å². The molecule has 0 aromatic heterocycles. The molecule has 104 valence electrons. The number of nitrogens with one attached hydrogen (secondary N) is 3. The van der Waals surface area contributed by atoms with Crippen molar-refractivity contribution in [2.75, 3.05) is 0 Å². The highest BCUT2D eigenvalue weighted by molar-refractivity contribution is 5.82. The zero-order valence-electron chi connectivity index (χ0n) is 11.4. The van der Waals surface area contributed by atoms with Crippen molar-refractivity contribution in [3.8, 4) is 6.07 Å². The SMILES string of the molecule is N#Cc1cccc(C=NNC(=N)NCc2ccccc2)c1. The third-order valence-corrected chi connectivity index (χ3v) is 2.72. The minimum absolute atomic E-state index is 0.117. The second-order valence-corrected chi connectivity index (χ2v) is 4.32. The van der Waals surface area contributed by atoms with Crippen LogP contribution >= 0.6 is 0 Å². The van der Waals surface area contributed by atoms with Crippen molar-refractivity contribution in [3.63, 3.8) is 0 Å². The molecule has 0 unspecified atom stereocenters. The van der Waals surface area contributed by atoms with Crippen LogP contribution in [-0.2, 0) is 6.54 Å². The Hall–Kier alpha value is -3.13. The van der Waals surface area contributed by atoms with Gasteiger partial charge < -0.3 is 5.32 Å². The molecule has 0 radical (unpaired) electrons. The minimum atomic E-state index is 0.117. The Kier molecular flexibility index (Phi) is 5.07. The van der Waals surface area contributed by atoms with E-state index < -0.39 is 0 Å². The second kappa shape index (κ2) is 7.46. The fraction of sp³-hybridized carbons (Fsp3) is 0.0625. The number of rotatable bonds is 4. The standard InChI is InChI=1S/C16H15N5/c17-10-14-7-4-8-15(9-14)12-20-21-16(18)19-11-13-5-2-1-3-6-13/h1-9,12H,11H2,(H3,18,19,21). The van der Waals surface area contributed by atoms with Crippen molar-refractivity contribution in [2.45, 2.75) is 6.54 Å². The second-order valence-electron chi connectivity index (χ2n) is 4.32. The first-order valence-corrected chi connectivity index (χ1v) is 6.43. The predicted molar refractivity (Wildman–Crippen MR) is 82.9 cm³/mol. The number of hydrogen-bond acceptors (Lipinski definition) is 3. The lowest BCUT2D eigenvalue weighted by atomic mass is 10.1. The molecule has 5 nitrogen and oxygen atoms in total. The average Bonchev–Trinajstić information content (AvgIpc) is 2.54. The zero-order chi connectivity index (χ0) is 14.9. The molecule has 2 aromatic rings. The van der Waals surface area contributed by atoms with Crippen LogP contribution in [0.1, 0.15) is 16.7 Å². The number of hydrazone groups is 1. The molecule has 2 aromatic carbocycles. The van der Waals surface area contributed by atoms with Crippen LogP contribution in [0.25, 0.3) is 0 Å². The summed E-state index contributed by atoms with van der Waals surface area (Å²) in [4.78, 5) is 0. The summed E-state index contributed by atoms with van der Waals surface area (Å²) >= 11 is 0. The van der Waals surface area contributed by atoms with E-state index in [1.807, 2.05) is 36.4 Å². The Morgan fingerprint density at radius 1 is 1.19 bits per heavy atom. The van der Waals surface area contributed by atoms with Gasteiger partial charge in [0.15, 0.2) is 0 Å². The summed E-state index contributed by atoms with van der Waals surface area (Å²) in [5, 5.41) is 23.4. The Morgan fingerprint density at radius 2 is 2.00 bits per heavy atom. The molecule has 0 atom stereocenters. The molecular weight excluding hydrogens is 262 g/mol. The molecular formula is C16H15N5. The van der Waals surface area contributed by atoms with Crippen LogP contribution < -0.4 is 10.7 Å². The number of guanidine groups is 1. The zero-order valence-corrected chi connectivity index (χ0v) is 11.4. The first kappa shape index (κ1) is 14.3. The summed E-state index contributed by atoms with van der Waals surface area (Å²) in [5.74, 6) is 0.117. The Morgan fingerprint density at radius 3 is 2.76 bits per heavy atom. The number of hydrogen-bond donors (Lipinski definition) is 3. The summed E-state index contributed by atoms with van der Waals surface area (Å²) in [6, 6.07) is 19.0. The molecule has 0 spiro atoms. The smallest absolute Gasteiger partial charge is 0.209 e. The maximum Gasteiger partial charge on any atom is 0.209 e. The fourth-order valence-corrected chi connectivity index (χ4v) is 1.69. The normalized spacial score (nSPS) is 10.0. The topological polar surface area (TPSA) is 84.1 Å². The molecule has 2 rings (SSSR count). The number of nitrogens with zero attached hydrogens (tertiary/aromatic N) is 2. The Labute approximate surface area is 123 Å². The summed E-state index contributed by atoms with van der Waals surface area (Å²) < 4.78 is 0. The lowest BCUT2D eigenvalue weighted by Crippen LogP contribution is -2.32. The third-order valence-electron chi connectivity index (χ3n) is 2.72. The fourth-order valence-electron chi connectivity index (χ4n) is 1.69. The lowest BCUT2D eigenvalue weighted by molar-refractivity contribution is 0.837. The van der Waals surface area contributed by atoms with Gasteiger partial charge in [0.2, 0.25) is 5.96 Å². The van der Waals surface area contributed by atoms with E-state index in [-0.39, 0.29) is 5.96 Å². The number of benzene rings is 2. The van der Waals surface area contributed by atoms with Gasteiger partial charge in [-0.2, -0.15) is 10.4 Å². The van der Waals surface area contributed by atoms with E-state index in [2.05, 4.69) is 21.9 Å². The maximum atomic E-state index is 8.80. The van der Waals surface area contributed by atoms with Crippen molar-refractivity contribution >= 4 is 12.2 Å². The van der Waals surface area contributed by atoms with Gasteiger partial charge in [0.05, 0.1) is 17.8 Å². The highest BCUT2D eigenvalue weighted by Gasteiger charge is 1.95. The van der Waals surface area contributed by atoms with Crippen molar-refractivity contribution in [3.05, 3.63) is 71.3 Å². The van der Waals surface area contributed by atoms with Gasteiger partial charge in [-0.15, -0.1) is 0 Å². The number of nitriles is 1. The first-order chi connectivity index (χ1) is 10.3. The van der Waals surface area contributed by atoms with Gasteiger partial charge in [0.1, 0.15) is 0 Å².